The molecule has 1 atom stereocenters. The number of nitrogens with zero attached hydrogens (tertiary/aromatic N) is 2. The second kappa shape index (κ2) is 7.74. The molecule has 0 radical (unpaired) electrons. The molecule has 0 spiro atoms. The van der Waals surface area contributed by atoms with Crippen LogP contribution < -0.4 is 5.32 Å². The average Bonchev–Trinajstić information content (AvgIpc) is 2.42. The van der Waals surface area contributed by atoms with Gasteiger partial charge in [-0.25, -0.2) is 0 Å². The molecule has 2 N–H and O–H groups in total. The number of pyridine rings is 1. The minimum absolute atomic E-state index is 0.106. The Hall–Kier alpha value is -1.62. The maximum Gasteiger partial charge on any atom is 0.272 e. The molecule has 0 bridgehead atoms. The fraction of sp³-hybridized carbons (Fsp3) is 0.571. The number of anilines is 1. The van der Waals surface area contributed by atoms with E-state index in [0.29, 0.717) is 11.6 Å². The predicted octanol–water partition coefficient (Wildman–Crippen LogP) is 1.60. The first-order valence-electron chi connectivity index (χ1n) is 6.60. The highest BCUT2D eigenvalue weighted by atomic mass is 16.3. The summed E-state index contributed by atoms with van der Waals surface area (Å²) in [7, 11) is 3.41. The fourth-order valence-electron chi connectivity index (χ4n) is 1.78. The summed E-state index contributed by atoms with van der Waals surface area (Å²) in [6.07, 6.45) is 3.44. The summed E-state index contributed by atoms with van der Waals surface area (Å²) in [4.78, 5) is 17.4. The summed E-state index contributed by atoms with van der Waals surface area (Å²) < 4.78 is 0. The van der Waals surface area contributed by atoms with Gasteiger partial charge in [-0.3, -0.25) is 9.78 Å². The molecule has 0 aliphatic carbocycles. The van der Waals surface area contributed by atoms with Gasteiger partial charge in [-0.2, -0.15) is 0 Å². The van der Waals surface area contributed by atoms with Crippen LogP contribution in [0.25, 0.3) is 0 Å². The molecule has 1 heterocycles. The second-order valence-electron chi connectivity index (χ2n) is 4.80. The van der Waals surface area contributed by atoms with Crippen LogP contribution in [0.5, 0.6) is 0 Å². The fourth-order valence-corrected chi connectivity index (χ4v) is 1.78. The maximum absolute atomic E-state index is 11.8. The van der Waals surface area contributed by atoms with E-state index in [0.717, 1.165) is 25.1 Å². The molecule has 1 aromatic heterocycles. The lowest BCUT2D eigenvalue weighted by Gasteiger charge is -2.16. The summed E-state index contributed by atoms with van der Waals surface area (Å²) in [6, 6.07) is 3.60. The number of carbonyl (C=O) groups is 1. The monoisotopic (exact) mass is 265 g/mol. The Kier molecular flexibility index (Phi) is 6.29. The molecular formula is C14H23N3O2. The number of rotatable bonds is 7. The van der Waals surface area contributed by atoms with Crippen molar-refractivity contribution in [3.8, 4) is 0 Å². The van der Waals surface area contributed by atoms with E-state index in [2.05, 4.69) is 17.2 Å². The van der Waals surface area contributed by atoms with Crippen molar-refractivity contribution >= 4 is 11.6 Å². The van der Waals surface area contributed by atoms with Crippen LogP contribution >= 0.6 is 0 Å². The molecule has 1 rings (SSSR count). The molecule has 0 saturated heterocycles. The van der Waals surface area contributed by atoms with Gasteiger partial charge >= 0.3 is 0 Å². The third-order valence-electron chi connectivity index (χ3n) is 3.09. The molecule has 5 heteroatoms. The van der Waals surface area contributed by atoms with E-state index >= 15 is 0 Å². The van der Waals surface area contributed by atoms with Gasteiger partial charge in [0.05, 0.1) is 0 Å². The molecule has 5 nitrogen and oxygen atoms in total. The minimum atomic E-state index is -0.106. The van der Waals surface area contributed by atoms with Gasteiger partial charge in [0.25, 0.3) is 5.91 Å². The molecule has 1 unspecified atom stereocenters. The Labute approximate surface area is 114 Å². The van der Waals surface area contributed by atoms with Crippen molar-refractivity contribution in [1.29, 1.82) is 0 Å². The van der Waals surface area contributed by atoms with Crippen LogP contribution in [0.1, 0.15) is 30.3 Å². The molecule has 0 saturated carbocycles. The Bertz CT molecular complexity index is 407. The van der Waals surface area contributed by atoms with Crippen LogP contribution in [0.15, 0.2) is 18.3 Å². The summed E-state index contributed by atoms with van der Waals surface area (Å²) in [6.45, 7) is 3.10. The molecule has 0 aromatic carbocycles. The van der Waals surface area contributed by atoms with Crippen molar-refractivity contribution in [2.24, 2.45) is 5.92 Å². The number of hydrogen-bond acceptors (Lipinski definition) is 4. The van der Waals surface area contributed by atoms with Crippen LogP contribution in [-0.2, 0) is 0 Å². The van der Waals surface area contributed by atoms with Gasteiger partial charge in [-0.1, -0.05) is 13.3 Å². The number of hydrogen-bond donors (Lipinski definition) is 2. The number of aliphatic hydroxyl groups excluding tert-OH is 1. The van der Waals surface area contributed by atoms with E-state index in [4.69, 9.17) is 5.11 Å². The number of aliphatic hydroxyl groups is 1. The van der Waals surface area contributed by atoms with Gasteiger partial charge in [0, 0.05) is 39.1 Å². The summed E-state index contributed by atoms with van der Waals surface area (Å²) >= 11 is 0. The van der Waals surface area contributed by atoms with Gasteiger partial charge in [0.1, 0.15) is 5.69 Å². The highest BCUT2D eigenvalue weighted by Crippen LogP contribution is 2.13. The third-order valence-corrected chi connectivity index (χ3v) is 3.09. The molecule has 19 heavy (non-hydrogen) atoms. The topological polar surface area (TPSA) is 65.5 Å². The van der Waals surface area contributed by atoms with Crippen molar-refractivity contribution in [2.75, 3.05) is 32.6 Å². The molecule has 1 aromatic rings. The normalized spacial score (nSPS) is 12.0. The van der Waals surface area contributed by atoms with Crippen molar-refractivity contribution in [2.45, 2.75) is 19.8 Å². The zero-order valence-corrected chi connectivity index (χ0v) is 11.9. The van der Waals surface area contributed by atoms with Crippen molar-refractivity contribution in [3.05, 3.63) is 24.0 Å². The Balaban J connectivity index is 2.64. The second-order valence-corrected chi connectivity index (χ2v) is 4.80. The minimum Gasteiger partial charge on any atom is -0.396 e. The first-order valence-corrected chi connectivity index (χ1v) is 6.60. The quantitative estimate of drug-likeness (QED) is 0.786. The van der Waals surface area contributed by atoms with Crippen LogP contribution in [0, 0.1) is 5.92 Å². The highest BCUT2D eigenvalue weighted by molar-refractivity contribution is 5.92. The van der Waals surface area contributed by atoms with Crippen molar-refractivity contribution in [3.63, 3.8) is 0 Å². The third kappa shape index (κ3) is 4.87. The van der Waals surface area contributed by atoms with Crippen LogP contribution in [0.4, 0.5) is 5.69 Å². The first-order chi connectivity index (χ1) is 9.08. The number of carbonyl (C=O) groups excluding carboxylic acids is 1. The van der Waals surface area contributed by atoms with Gasteiger partial charge in [-0.15, -0.1) is 0 Å². The molecule has 1 amide bonds. The smallest absolute Gasteiger partial charge is 0.272 e. The Morgan fingerprint density at radius 3 is 2.84 bits per heavy atom. The van der Waals surface area contributed by atoms with Crippen molar-refractivity contribution < 1.29 is 9.90 Å². The SMILES string of the molecule is CCC(CCO)CNc1ccnc(C(=O)N(C)C)c1. The first kappa shape index (κ1) is 15.4. The standard InChI is InChI=1S/C14H23N3O2/c1-4-11(6-8-18)10-16-12-5-7-15-13(9-12)14(19)17(2)3/h5,7,9,11,18H,4,6,8,10H2,1-3H3,(H,15,16). The molecular weight excluding hydrogens is 242 g/mol. The molecule has 0 aliphatic rings. The summed E-state index contributed by atoms with van der Waals surface area (Å²) in [5.41, 5.74) is 1.32. The number of amides is 1. The molecule has 0 fully saturated rings. The van der Waals surface area contributed by atoms with Gasteiger partial charge in [0.2, 0.25) is 0 Å². The Morgan fingerprint density at radius 2 is 2.26 bits per heavy atom. The van der Waals surface area contributed by atoms with E-state index in [-0.39, 0.29) is 12.5 Å². The largest absolute Gasteiger partial charge is 0.396 e. The van der Waals surface area contributed by atoms with E-state index in [1.165, 1.54) is 4.90 Å². The van der Waals surface area contributed by atoms with E-state index in [1.807, 2.05) is 6.07 Å². The molecule has 106 valence electrons. The number of aromatic nitrogens is 1. The summed E-state index contributed by atoms with van der Waals surface area (Å²) in [5.74, 6) is 0.331. The van der Waals surface area contributed by atoms with E-state index in [9.17, 15) is 4.79 Å². The van der Waals surface area contributed by atoms with Crippen LogP contribution in [0.2, 0.25) is 0 Å². The van der Waals surface area contributed by atoms with E-state index in [1.54, 1.807) is 26.4 Å². The van der Waals surface area contributed by atoms with Crippen LogP contribution in [-0.4, -0.2) is 48.1 Å². The summed E-state index contributed by atoms with van der Waals surface area (Å²) in [5, 5.41) is 12.2. The number of nitrogens with one attached hydrogen (secondary N) is 1. The average molecular weight is 265 g/mol. The lowest BCUT2D eigenvalue weighted by atomic mass is 10.0. The van der Waals surface area contributed by atoms with Gasteiger partial charge in [0.15, 0.2) is 0 Å². The van der Waals surface area contributed by atoms with Crippen molar-refractivity contribution in [1.82, 2.24) is 9.88 Å². The maximum atomic E-state index is 11.8. The lowest BCUT2D eigenvalue weighted by Crippen LogP contribution is -2.23. The highest BCUT2D eigenvalue weighted by Gasteiger charge is 2.10. The van der Waals surface area contributed by atoms with E-state index < -0.39 is 0 Å². The van der Waals surface area contributed by atoms with Gasteiger partial charge < -0.3 is 15.3 Å². The predicted molar refractivity (Wildman–Crippen MR) is 76.2 cm³/mol. The van der Waals surface area contributed by atoms with Crippen LogP contribution in [0.3, 0.4) is 0 Å². The zero-order chi connectivity index (χ0) is 14.3. The Morgan fingerprint density at radius 1 is 1.53 bits per heavy atom. The lowest BCUT2D eigenvalue weighted by molar-refractivity contribution is 0.0822. The molecule has 0 aliphatic heterocycles. The zero-order valence-electron chi connectivity index (χ0n) is 11.9. The van der Waals surface area contributed by atoms with Gasteiger partial charge in [-0.05, 0) is 24.5 Å².